The van der Waals surface area contributed by atoms with Crippen molar-refractivity contribution in [3.05, 3.63) is 123 Å². The summed E-state index contributed by atoms with van der Waals surface area (Å²) >= 11 is 2.57. The lowest BCUT2D eigenvalue weighted by Crippen LogP contribution is -2.29. The van der Waals surface area contributed by atoms with Gasteiger partial charge in [-0.15, -0.1) is 0 Å². The number of fused-ring (bicyclic) bond motifs is 11. The maximum atomic E-state index is 9.75. The minimum atomic E-state index is -0.478. The van der Waals surface area contributed by atoms with E-state index in [0.29, 0.717) is 21.0 Å². The molecule has 0 radical (unpaired) electrons. The van der Waals surface area contributed by atoms with Crippen LogP contribution in [0.5, 0.6) is 0 Å². The van der Waals surface area contributed by atoms with E-state index >= 15 is 0 Å². The second-order valence-corrected chi connectivity index (χ2v) is 10.1. The lowest BCUT2D eigenvalue weighted by atomic mass is 9.68. The van der Waals surface area contributed by atoms with Crippen LogP contribution in [0.15, 0.2) is 90.0 Å². The lowest BCUT2D eigenvalue weighted by molar-refractivity contribution is 0.718. The molecule has 0 aromatic heterocycles. The summed E-state index contributed by atoms with van der Waals surface area (Å²) < 4.78 is 0.472. The number of alkyl halides is 1. The van der Waals surface area contributed by atoms with Crippen molar-refractivity contribution in [3.8, 4) is 23.3 Å². The number of benzene rings is 3. The highest BCUT2D eigenvalue weighted by atomic mass is 127. The van der Waals surface area contributed by atoms with Crippen LogP contribution in [0.1, 0.15) is 33.4 Å². The molecule has 4 aliphatic carbocycles. The zero-order valence-electron chi connectivity index (χ0n) is 16.9. The predicted octanol–water partition coefficient (Wildman–Crippen LogP) is 6.44. The SMILES string of the molecule is N#Cc1ccc2c(c1)C1(C3=C(C=CC=C4C(I)C43)c3ccccc31)c1cc(C#N)ccc1-2. The quantitative estimate of drug-likeness (QED) is 0.254. The van der Waals surface area contributed by atoms with Gasteiger partial charge in [0.2, 0.25) is 0 Å². The monoisotopic (exact) mass is 518 g/mol. The second kappa shape index (κ2) is 6.09. The molecule has 2 atom stereocenters. The number of halogens is 1. The molecule has 0 amide bonds. The van der Waals surface area contributed by atoms with Crippen LogP contribution in [-0.4, -0.2) is 3.92 Å². The van der Waals surface area contributed by atoms with E-state index in [0.717, 1.165) is 11.1 Å². The molecule has 7 rings (SSSR count). The van der Waals surface area contributed by atoms with Crippen molar-refractivity contribution in [3.63, 3.8) is 0 Å². The molecular weight excluding hydrogens is 503 g/mol. The van der Waals surface area contributed by atoms with E-state index in [4.69, 9.17) is 0 Å². The Kier molecular flexibility index (Phi) is 3.46. The fourth-order valence-electron chi connectivity index (χ4n) is 6.17. The summed E-state index contributed by atoms with van der Waals surface area (Å²) in [4.78, 5) is 0. The fourth-order valence-corrected chi connectivity index (χ4v) is 7.34. The van der Waals surface area contributed by atoms with Crippen molar-refractivity contribution >= 4 is 28.2 Å². The van der Waals surface area contributed by atoms with Crippen molar-refractivity contribution in [1.29, 1.82) is 10.5 Å². The topological polar surface area (TPSA) is 47.6 Å². The first-order valence-electron chi connectivity index (χ1n) is 10.7. The molecule has 0 saturated heterocycles. The van der Waals surface area contributed by atoms with Crippen LogP contribution in [0.2, 0.25) is 0 Å². The lowest BCUT2D eigenvalue weighted by Gasteiger charge is -2.33. The van der Waals surface area contributed by atoms with Crippen molar-refractivity contribution < 1.29 is 0 Å². The second-order valence-electron chi connectivity index (χ2n) is 8.77. The Balaban J connectivity index is 1.70. The molecule has 1 spiro atoms. The van der Waals surface area contributed by atoms with Gasteiger partial charge in [-0.2, -0.15) is 10.5 Å². The van der Waals surface area contributed by atoms with E-state index in [1.165, 1.54) is 39.0 Å². The Morgan fingerprint density at radius 1 is 0.781 bits per heavy atom. The van der Waals surface area contributed by atoms with E-state index in [1.54, 1.807) is 0 Å². The van der Waals surface area contributed by atoms with Gasteiger partial charge in [0.1, 0.15) is 0 Å². The Morgan fingerprint density at radius 3 is 2.09 bits per heavy atom. The van der Waals surface area contributed by atoms with Gasteiger partial charge < -0.3 is 0 Å². The third-order valence-corrected chi connectivity index (χ3v) is 8.87. The zero-order chi connectivity index (χ0) is 21.6. The summed E-state index contributed by atoms with van der Waals surface area (Å²) in [7, 11) is 0. The van der Waals surface area contributed by atoms with E-state index in [1.807, 2.05) is 12.1 Å². The van der Waals surface area contributed by atoms with Crippen molar-refractivity contribution in [2.75, 3.05) is 0 Å². The molecule has 2 nitrogen and oxygen atoms in total. The number of nitrogens with zero attached hydrogens (tertiary/aromatic N) is 2. The molecule has 0 heterocycles. The molecule has 0 aliphatic heterocycles. The fraction of sp³-hybridized carbons (Fsp3) is 0.103. The molecule has 3 heteroatoms. The maximum Gasteiger partial charge on any atom is 0.0991 e. The molecular formula is C29H15IN2. The van der Waals surface area contributed by atoms with Crippen LogP contribution in [0, 0.1) is 28.6 Å². The van der Waals surface area contributed by atoms with Gasteiger partial charge in [0.05, 0.1) is 28.7 Å². The minimum absolute atomic E-state index is 0.364. The number of rotatable bonds is 0. The number of hydrogen-bond acceptors (Lipinski definition) is 2. The zero-order valence-corrected chi connectivity index (χ0v) is 19.1. The summed E-state index contributed by atoms with van der Waals surface area (Å²) in [5.41, 5.74) is 12.2. The van der Waals surface area contributed by atoms with Crippen LogP contribution in [-0.2, 0) is 5.41 Å². The van der Waals surface area contributed by atoms with Crippen LogP contribution in [0.25, 0.3) is 16.7 Å². The number of allylic oxidation sites excluding steroid dienone is 6. The highest BCUT2D eigenvalue weighted by Crippen LogP contribution is 2.69. The molecule has 0 N–H and O–H groups in total. The first-order chi connectivity index (χ1) is 15.7. The largest absolute Gasteiger partial charge is 0.192 e. The first-order valence-corrected chi connectivity index (χ1v) is 11.9. The Labute approximate surface area is 200 Å². The Hall–Kier alpha value is -3.41. The molecule has 1 saturated carbocycles. The van der Waals surface area contributed by atoms with Gasteiger partial charge in [0.15, 0.2) is 0 Å². The molecule has 4 aliphatic rings. The summed E-state index contributed by atoms with van der Waals surface area (Å²) in [6, 6.07) is 25.6. The third-order valence-electron chi connectivity index (χ3n) is 7.43. The minimum Gasteiger partial charge on any atom is -0.192 e. The highest BCUT2D eigenvalue weighted by Gasteiger charge is 2.60. The average Bonchev–Trinajstić information content (AvgIpc) is 3.34. The molecule has 1 fully saturated rings. The van der Waals surface area contributed by atoms with Crippen molar-refractivity contribution in [2.45, 2.75) is 9.34 Å². The summed E-state index contributed by atoms with van der Waals surface area (Å²) in [5, 5.41) is 19.5. The summed E-state index contributed by atoms with van der Waals surface area (Å²) in [5.74, 6) is 0.364. The highest BCUT2D eigenvalue weighted by molar-refractivity contribution is 14.1. The maximum absolute atomic E-state index is 9.75. The molecule has 148 valence electrons. The molecule has 2 unspecified atom stereocenters. The Bertz CT molecular complexity index is 1510. The first kappa shape index (κ1) is 18.2. The van der Waals surface area contributed by atoms with E-state index in [9.17, 15) is 10.5 Å². The third kappa shape index (κ3) is 1.99. The predicted molar refractivity (Wildman–Crippen MR) is 133 cm³/mol. The summed E-state index contributed by atoms with van der Waals surface area (Å²) in [6.45, 7) is 0. The van der Waals surface area contributed by atoms with Gasteiger partial charge in [-0.3, -0.25) is 0 Å². The van der Waals surface area contributed by atoms with Crippen LogP contribution >= 0.6 is 22.6 Å². The van der Waals surface area contributed by atoms with Gasteiger partial charge in [-0.25, -0.2) is 0 Å². The molecule has 32 heavy (non-hydrogen) atoms. The number of hydrogen-bond donors (Lipinski definition) is 0. The molecule has 3 aromatic rings. The van der Waals surface area contributed by atoms with E-state index in [-0.39, 0.29) is 0 Å². The van der Waals surface area contributed by atoms with Gasteiger partial charge in [0, 0.05) is 9.84 Å². The van der Waals surface area contributed by atoms with Crippen LogP contribution in [0.3, 0.4) is 0 Å². The van der Waals surface area contributed by atoms with E-state index < -0.39 is 5.41 Å². The van der Waals surface area contributed by atoms with Crippen LogP contribution in [0.4, 0.5) is 0 Å². The van der Waals surface area contributed by atoms with Gasteiger partial charge in [0.25, 0.3) is 0 Å². The van der Waals surface area contributed by atoms with Crippen molar-refractivity contribution in [2.24, 2.45) is 5.92 Å². The van der Waals surface area contributed by atoms with Gasteiger partial charge in [-0.05, 0) is 74.4 Å². The number of nitriles is 2. The van der Waals surface area contributed by atoms with Gasteiger partial charge in [-0.1, -0.05) is 77.2 Å². The van der Waals surface area contributed by atoms with Gasteiger partial charge >= 0.3 is 0 Å². The standard InChI is InChI=1S/C29H15IN2/c30-28-22-6-3-5-21-18-4-1-2-7-23(18)29(27(21)26(22)28)24-12-16(14-31)8-10-19(24)20-11-9-17(15-32)13-25(20)29/h1-13,26,28H. The van der Waals surface area contributed by atoms with Crippen molar-refractivity contribution in [1.82, 2.24) is 0 Å². The molecule has 0 bridgehead atoms. The van der Waals surface area contributed by atoms with E-state index in [2.05, 4.69) is 101 Å². The Morgan fingerprint density at radius 2 is 1.44 bits per heavy atom. The average molecular weight is 518 g/mol. The summed E-state index contributed by atoms with van der Waals surface area (Å²) in [6.07, 6.45) is 6.71. The molecule has 3 aromatic carbocycles. The smallest absolute Gasteiger partial charge is 0.0991 e. The van der Waals surface area contributed by atoms with Crippen LogP contribution < -0.4 is 0 Å². The normalized spacial score (nSPS) is 22.0.